The Morgan fingerprint density at radius 2 is 1.90 bits per heavy atom. The van der Waals surface area contributed by atoms with E-state index in [1.807, 2.05) is 49.4 Å². The highest BCUT2D eigenvalue weighted by atomic mass is 35.5. The highest BCUT2D eigenvalue weighted by Gasteiger charge is 2.00. The van der Waals surface area contributed by atoms with Crippen molar-refractivity contribution in [2.45, 2.75) is 20.0 Å². The van der Waals surface area contributed by atoms with Crippen LogP contribution in [0, 0.1) is 18.8 Å². The van der Waals surface area contributed by atoms with Crippen LogP contribution in [0.5, 0.6) is 5.75 Å². The lowest BCUT2D eigenvalue weighted by Gasteiger charge is -2.08. The van der Waals surface area contributed by atoms with Crippen LogP contribution in [-0.4, -0.2) is 11.7 Å². The van der Waals surface area contributed by atoms with E-state index in [9.17, 15) is 0 Å². The van der Waals surface area contributed by atoms with Gasteiger partial charge >= 0.3 is 0 Å². The van der Waals surface area contributed by atoms with Crippen molar-refractivity contribution in [1.29, 1.82) is 0 Å². The Balaban J connectivity index is 2.00. The van der Waals surface area contributed by atoms with Crippen LogP contribution in [0.2, 0.25) is 5.02 Å². The van der Waals surface area contributed by atoms with Crippen molar-refractivity contribution in [2.75, 3.05) is 6.61 Å². The molecule has 0 aliphatic heterocycles. The topological polar surface area (TPSA) is 29.5 Å². The molecule has 0 radical (unpaired) electrons. The molecule has 0 saturated carbocycles. The average molecular weight is 301 g/mol. The molecule has 0 fully saturated rings. The smallest absolute Gasteiger partial charge is 0.120 e. The van der Waals surface area contributed by atoms with Gasteiger partial charge in [-0.15, -0.1) is 0 Å². The molecule has 21 heavy (non-hydrogen) atoms. The first-order valence-corrected chi connectivity index (χ1v) is 7.14. The van der Waals surface area contributed by atoms with Crippen LogP contribution < -0.4 is 4.74 Å². The zero-order chi connectivity index (χ0) is 15.1. The van der Waals surface area contributed by atoms with Gasteiger partial charge in [0, 0.05) is 17.0 Å². The predicted molar refractivity (Wildman–Crippen MR) is 85.5 cm³/mol. The summed E-state index contributed by atoms with van der Waals surface area (Å²) in [5.74, 6) is 6.78. The van der Waals surface area contributed by atoms with Gasteiger partial charge in [-0.2, -0.15) is 0 Å². The third kappa shape index (κ3) is 4.82. The summed E-state index contributed by atoms with van der Waals surface area (Å²) in [6, 6.07) is 13.4. The van der Waals surface area contributed by atoms with Crippen LogP contribution in [0.4, 0.5) is 0 Å². The van der Waals surface area contributed by atoms with E-state index in [2.05, 4.69) is 11.8 Å². The highest BCUT2D eigenvalue weighted by Crippen LogP contribution is 2.18. The van der Waals surface area contributed by atoms with Crippen LogP contribution in [0.25, 0.3) is 0 Å². The Hall–Kier alpha value is -1.95. The highest BCUT2D eigenvalue weighted by molar-refractivity contribution is 6.30. The number of hydrogen-bond donors (Lipinski definition) is 1. The number of benzene rings is 2. The lowest BCUT2D eigenvalue weighted by Crippen LogP contribution is -1.96. The molecule has 0 atom stereocenters. The van der Waals surface area contributed by atoms with Crippen molar-refractivity contribution in [1.82, 2.24) is 0 Å². The summed E-state index contributed by atoms with van der Waals surface area (Å²) in [5, 5.41) is 9.44. The minimum atomic E-state index is 0.0916. The lowest BCUT2D eigenvalue weighted by atomic mass is 10.1. The van der Waals surface area contributed by atoms with E-state index in [1.165, 1.54) is 0 Å². The van der Waals surface area contributed by atoms with E-state index in [1.54, 1.807) is 0 Å². The van der Waals surface area contributed by atoms with Crippen molar-refractivity contribution < 1.29 is 9.84 Å². The predicted octanol–water partition coefficient (Wildman–Crippen LogP) is 3.96. The zero-order valence-electron chi connectivity index (χ0n) is 11.9. The minimum Gasteiger partial charge on any atom is -0.489 e. The number of rotatable bonds is 4. The number of hydrogen-bond acceptors (Lipinski definition) is 2. The van der Waals surface area contributed by atoms with E-state index in [0.717, 1.165) is 27.5 Å². The molecular weight excluding hydrogens is 284 g/mol. The number of ether oxygens (including phenoxy) is 1. The van der Waals surface area contributed by atoms with Crippen molar-refractivity contribution in [3.63, 3.8) is 0 Å². The second kappa shape index (κ2) is 7.73. The van der Waals surface area contributed by atoms with Crippen LogP contribution >= 0.6 is 11.6 Å². The molecule has 0 bridgehead atoms. The standard InChI is InChI=1S/C18H17ClO2/c1-14-12-18(10-7-16(14)4-2-3-11-20)21-13-15-5-8-17(19)9-6-15/h5-10,12,20H,3,11,13H2,1H3. The first-order valence-electron chi connectivity index (χ1n) is 6.76. The third-order valence-corrected chi connectivity index (χ3v) is 3.23. The Morgan fingerprint density at radius 1 is 1.14 bits per heavy atom. The minimum absolute atomic E-state index is 0.0916. The van der Waals surface area contributed by atoms with Crippen molar-refractivity contribution in [3.05, 3.63) is 64.2 Å². The van der Waals surface area contributed by atoms with Gasteiger partial charge in [-0.25, -0.2) is 0 Å². The molecule has 2 aromatic rings. The van der Waals surface area contributed by atoms with Gasteiger partial charge in [-0.05, 0) is 48.4 Å². The Kier molecular flexibility index (Phi) is 5.68. The number of aryl methyl sites for hydroxylation is 1. The third-order valence-electron chi connectivity index (χ3n) is 2.98. The molecule has 0 aliphatic rings. The van der Waals surface area contributed by atoms with E-state index in [0.29, 0.717) is 13.0 Å². The number of aliphatic hydroxyl groups is 1. The van der Waals surface area contributed by atoms with Gasteiger partial charge in [0.25, 0.3) is 0 Å². The lowest BCUT2D eigenvalue weighted by molar-refractivity contribution is 0.305. The summed E-state index contributed by atoms with van der Waals surface area (Å²) in [5.41, 5.74) is 3.10. The summed E-state index contributed by atoms with van der Waals surface area (Å²) in [4.78, 5) is 0. The molecule has 0 aromatic heterocycles. The van der Waals surface area contributed by atoms with Crippen molar-refractivity contribution in [2.24, 2.45) is 0 Å². The zero-order valence-corrected chi connectivity index (χ0v) is 12.7. The van der Waals surface area contributed by atoms with E-state index in [-0.39, 0.29) is 6.61 Å². The van der Waals surface area contributed by atoms with Gasteiger partial charge in [-0.3, -0.25) is 0 Å². The van der Waals surface area contributed by atoms with Gasteiger partial charge < -0.3 is 9.84 Å². The molecular formula is C18H17ClO2. The molecule has 0 spiro atoms. The molecule has 0 aliphatic carbocycles. The van der Waals surface area contributed by atoms with Crippen LogP contribution in [0.1, 0.15) is 23.1 Å². The van der Waals surface area contributed by atoms with Gasteiger partial charge in [-0.1, -0.05) is 35.6 Å². The van der Waals surface area contributed by atoms with Crippen molar-refractivity contribution >= 4 is 11.6 Å². The molecule has 0 unspecified atom stereocenters. The summed E-state index contributed by atoms with van der Waals surface area (Å²) in [6.45, 7) is 2.60. The second-order valence-electron chi connectivity index (χ2n) is 4.67. The quantitative estimate of drug-likeness (QED) is 0.866. The van der Waals surface area contributed by atoms with Crippen LogP contribution in [0.3, 0.4) is 0 Å². The molecule has 2 rings (SSSR count). The van der Waals surface area contributed by atoms with E-state index >= 15 is 0 Å². The van der Waals surface area contributed by atoms with E-state index < -0.39 is 0 Å². The number of aliphatic hydroxyl groups excluding tert-OH is 1. The van der Waals surface area contributed by atoms with Crippen molar-refractivity contribution in [3.8, 4) is 17.6 Å². The number of halogens is 1. The molecule has 2 aromatic carbocycles. The molecule has 2 nitrogen and oxygen atoms in total. The Morgan fingerprint density at radius 3 is 2.57 bits per heavy atom. The maximum absolute atomic E-state index is 8.72. The monoisotopic (exact) mass is 300 g/mol. The molecule has 0 saturated heterocycles. The van der Waals surface area contributed by atoms with Crippen LogP contribution in [-0.2, 0) is 6.61 Å². The normalized spacial score (nSPS) is 9.86. The van der Waals surface area contributed by atoms with Crippen LogP contribution in [0.15, 0.2) is 42.5 Å². The summed E-state index contributed by atoms with van der Waals surface area (Å²) < 4.78 is 5.76. The van der Waals surface area contributed by atoms with Gasteiger partial charge in [0.2, 0.25) is 0 Å². The van der Waals surface area contributed by atoms with Gasteiger partial charge in [0.05, 0.1) is 6.61 Å². The van der Waals surface area contributed by atoms with Gasteiger partial charge in [0.15, 0.2) is 0 Å². The first kappa shape index (κ1) is 15.4. The largest absolute Gasteiger partial charge is 0.489 e. The van der Waals surface area contributed by atoms with E-state index in [4.69, 9.17) is 21.4 Å². The molecule has 0 amide bonds. The second-order valence-corrected chi connectivity index (χ2v) is 5.10. The SMILES string of the molecule is Cc1cc(OCc2ccc(Cl)cc2)ccc1C#CCCO. The fourth-order valence-electron chi connectivity index (χ4n) is 1.83. The summed E-state index contributed by atoms with van der Waals surface area (Å²) in [7, 11) is 0. The first-order chi connectivity index (χ1) is 10.2. The Bertz CT molecular complexity index is 651. The summed E-state index contributed by atoms with van der Waals surface area (Å²) in [6.07, 6.45) is 0.494. The molecule has 108 valence electrons. The molecule has 3 heteroatoms. The summed E-state index contributed by atoms with van der Waals surface area (Å²) >= 11 is 5.85. The fraction of sp³-hybridized carbons (Fsp3) is 0.222. The Labute approximate surface area is 130 Å². The average Bonchev–Trinajstić information content (AvgIpc) is 2.49. The van der Waals surface area contributed by atoms with Gasteiger partial charge in [0.1, 0.15) is 12.4 Å². The maximum atomic E-state index is 8.72. The molecule has 0 heterocycles. The fourth-order valence-corrected chi connectivity index (χ4v) is 1.95. The maximum Gasteiger partial charge on any atom is 0.120 e. The molecule has 1 N–H and O–H groups in total.